The molecule has 2 aliphatic heterocycles. The third-order valence-corrected chi connectivity index (χ3v) is 6.31. The van der Waals surface area contributed by atoms with E-state index in [2.05, 4.69) is 30.0 Å². The maximum Gasteiger partial charge on any atom is 0.193 e. The Labute approximate surface area is 151 Å². The highest BCUT2D eigenvalue weighted by Gasteiger charge is 2.35. The maximum absolute atomic E-state index is 4.54. The fourth-order valence-electron chi connectivity index (χ4n) is 4.93. The molecule has 0 bridgehead atoms. The van der Waals surface area contributed by atoms with Crippen LogP contribution in [0, 0.1) is 11.8 Å². The molecule has 25 heavy (non-hydrogen) atoms. The van der Waals surface area contributed by atoms with Gasteiger partial charge in [0.05, 0.1) is 0 Å². The van der Waals surface area contributed by atoms with Gasteiger partial charge in [-0.2, -0.15) is 0 Å². The van der Waals surface area contributed by atoms with Crippen molar-refractivity contribution in [1.29, 1.82) is 0 Å². The number of rotatable bonds is 3. The van der Waals surface area contributed by atoms with Crippen molar-refractivity contribution in [2.24, 2.45) is 16.8 Å². The van der Waals surface area contributed by atoms with Crippen molar-refractivity contribution in [1.82, 2.24) is 25.0 Å². The van der Waals surface area contributed by atoms with Crippen LogP contribution in [-0.2, 0) is 19.4 Å². The smallest absolute Gasteiger partial charge is 0.193 e. The molecule has 138 valence electrons. The van der Waals surface area contributed by atoms with E-state index in [1.165, 1.54) is 63.9 Å². The summed E-state index contributed by atoms with van der Waals surface area (Å²) in [5.74, 6) is 5.17. The van der Waals surface area contributed by atoms with Gasteiger partial charge in [-0.3, -0.25) is 4.99 Å². The molecule has 0 radical (unpaired) electrons. The zero-order valence-electron chi connectivity index (χ0n) is 15.6. The normalized spacial score (nSPS) is 26.9. The molecule has 2 unspecified atom stereocenters. The number of aliphatic imine (C=N–C) groups is 1. The molecule has 0 spiro atoms. The summed E-state index contributed by atoms with van der Waals surface area (Å²) in [6, 6.07) is 0. The average molecular weight is 345 g/mol. The molecule has 1 aromatic rings. The highest BCUT2D eigenvalue weighted by molar-refractivity contribution is 5.80. The molecular weight excluding hydrogens is 312 g/mol. The van der Waals surface area contributed by atoms with Crippen LogP contribution in [0.5, 0.6) is 0 Å². The van der Waals surface area contributed by atoms with E-state index < -0.39 is 0 Å². The maximum atomic E-state index is 4.54. The van der Waals surface area contributed by atoms with Crippen LogP contribution in [0.3, 0.4) is 0 Å². The number of hydrogen-bond donors (Lipinski definition) is 1. The molecule has 3 heterocycles. The molecule has 1 saturated heterocycles. The van der Waals surface area contributed by atoms with Crippen LogP contribution in [0.25, 0.3) is 0 Å². The van der Waals surface area contributed by atoms with E-state index >= 15 is 0 Å². The molecule has 1 N–H and O–H groups in total. The second-order valence-corrected chi connectivity index (χ2v) is 7.93. The highest BCUT2D eigenvalue weighted by Crippen LogP contribution is 2.35. The Morgan fingerprint density at radius 3 is 2.64 bits per heavy atom. The minimum absolute atomic E-state index is 0.886. The van der Waals surface area contributed by atoms with E-state index in [9.17, 15) is 0 Å². The Morgan fingerprint density at radius 1 is 1.08 bits per heavy atom. The molecule has 0 amide bonds. The number of hydrogen-bond acceptors (Lipinski definition) is 3. The summed E-state index contributed by atoms with van der Waals surface area (Å²) < 4.78 is 2.35. The van der Waals surface area contributed by atoms with Crippen molar-refractivity contribution >= 4 is 5.96 Å². The van der Waals surface area contributed by atoms with Gasteiger partial charge in [0.2, 0.25) is 0 Å². The van der Waals surface area contributed by atoms with Crippen LogP contribution >= 0.6 is 0 Å². The fraction of sp³-hybridized carbons (Fsp3) is 0.842. The van der Waals surface area contributed by atoms with Gasteiger partial charge in [0.1, 0.15) is 11.6 Å². The lowest BCUT2D eigenvalue weighted by Gasteiger charge is -2.22. The first-order valence-corrected chi connectivity index (χ1v) is 10.2. The third-order valence-electron chi connectivity index (χ3n) is 6.31. The number of guanidine groups is 1. The lowest BCUT2D eigenvalue weighted by molar-refractivity contribution is 0.299. The van der Waals surface area contributed by atoms with Crippen LogP contribution < -0.4 is 5.32 Å². The number of aromatic nitrogens is 3. The Kier molecular flexibility index (Phi) is 5.22. The number of fused-ring (bicyclic) bond motifs is 2. The van der Waals surface area contributed by atoms with Crippen LogP contribution in [0.15, 0.2) is 4.99 Å². The van der Waals surface area contributed by atoms with Gasteiger partial charge in [0.15, 0.2) is 5.96 Å². The molecular formula is C19H32N6. The molecule has 1 saturated carbocycles. The van der Waals surface area contributed by atoms with Crippen molar-refractivity contribution in [3.63, 3.8) is 0 Å². The zero-order chi connectivity index (χ0) is 17.1. The highest BCUT2D eigenvalue weighted by atomic mass is 15.3. The van der Waals surface area contributed by atoms with Gasteiger partial charge in [-0.1, -0.05) is 19.3 Å². The summed E-state index contributed by atoms with van der Waals surface area (Å²) in [6.45, 7) is 4.34. The first kappa shape index (κ1) is 16.9. The van der Waals surface area contributed by atoms with Gasteiger partial charge in [-0.05, 0) is 37.5 Å². The van der Waals surface area contributed by atoms with Crippen molar-refractivity contribution in [2.45, 2.75) is 64.3 Å². The molecule has 2 atom stereocenters. The molecule has 6 nitrogen and oxygen atoms in total. The standard InChI is InChI=1S/C19H32N6/c1-20-19(24-13-15-7-4-5-8-16(15)14-24)21-11-10-18-23-22-17-9-3-2-6-12-25(17)18/h15-16H,2-14H2,1H3,(H,20,21). The number of likely N-dealkylation sites (tertiary alicyclic amines) is 1. The van der Waals surface area contributed by atoms with Crippen LogP contribution in [-0.4, -0.2) is 52.3 Å². The average Bonchev–Trinajstić information content (AvgIpc) is 3.15. The van der Waals surface area contributed by atoms with Gasteiger partial charge >= 0.3 is 0 Å². The number of nitrogens with zero attached hydrogens (tertiary/aromatic N) is 5. The van der Waals surface area contributed by atoms with Crippen molar-refractivity contribution in [3.8, 4) is 0 Å². The minimum Gasteiger partial charge on any atom is -0.356 e. The van der Waals surface area contributed by atoms with Crippen molar-refractivity contribution in [2.75, 3.05) is 26.7 Å². The van der Waals surface area contributed by atoms with Gasteiger partial charge in [-0.25, -0.2) is 0 Å². The Balaban J connectivity index is 1.31. The Hall–Kier alpha value is -1.59. The summed E-state index contributed by atoms with van der Waals surface area (Å²) in [7, 11) is 1.91. The molecule has 4 rings (SSSR count). The van der Waals surface area contributed by atoms with E-state index in [4.69, 9.17) is 0 Å². The zero-order valence-corrected chi connectivity index (χ0v) is 15.6. The van der Waals surface area contributed by atoms with Crippen molar-refractivity contribution < 1.29 is 0 Å². The summed E-state index contributed by atoms with van der Waals surface area (Å²) in [4.78, 5) is 7.02. The van der Waals surface area contributed by atoms with E-state index in [-0.39, 0.29) is 0 Å². The lowest BCUT2D eigenvalue weighted by atomic mass is 9.82. The monoisotopic (exact) mass is 344 g/mol. The predicted octanol–water partition coefficient (Wildman–Crippen LogP) is 2.24. The third kappa shape index (κ3) is 3.67. The quantitative estimate of drug-likeness (QED) is 0.675. The number of nitrogens with one attached hydrogen (secondary N) is 1. The number of aryl methyl sites for hydroxylation is 1. The molecule has 3 aliphatic rings. The van der Waals surface area contributed by atoms with Crippen LogP contribution in [0.1, 0.15) is 56.6 Å². The van der Waals surface area contributed by atoms with E-state index in [1.807, 2.05) is 7.05 Å². The van der Waals surface area contributed by atoms with E-state index in [0.29, 0.717) is 0 Å². The van der Waals surface area contributed by atoms with Gasteiger partial charge < -0.3 is 14.8 Å². The molecule has 1 aliphatic carbocycles. The SMILES string of the molecule is CN=C(NCCc1nnc2n1CCCCC2)N1CC2CCCCC2C1. The predicted molar refractivity (Wildman–Crippen MR) is 99.7 cm³/mol. The van der Waals surface area contributed by atoms with Gasteiger partial charge in [-0.15, -0.1) is 10.2 Å². The van der Waals surface area contributed by atoms with E-state index in [0.717, 1.165) is 49.6 Å². The van der Waals surface area contributed by atoms with Crippen LogP contribution in [0.4, 0.5) is 0 Å². The van der Waals surface area contributed by atoms with Crippen LogP contribution in [0.2, 0.25) is 0 Å². The molecule has 2 fully saturated rings. The second-order valence-electron chi connectivity index (χ2n) is 7.93. The molecule has 1 aromatic heterocycles. The lowest BCUT2D eigenvalue weighted by Crippen LogP contribution is -2.41. The fourth-order valence-corrected chi connectivity index (χ4v) is 4.93. The summed E-state index contributed by atoms with van der Waals surface area (Å²) >= 11 is 0. The molecule has 6 heteroatoms. The Morgan fingerprint density at radius 2 is 1.88 bits per heavy atom. The Bertz CT molecular complexity index is 593. The first-order valence-electron chi connectivity index (χ1n) is 10.2. The first-order chi connectivity index (χ1) is 12.3. The summed E-state index contributed by atoms with van der Waals surface area (Å²) in [5.41, 5.74) is 0. The van der Waals surface area contributed by atoms with Gasteiger partial charge in [0.25, 0.3) is 0 Å². The topological polar surface area (TPSA) is 58.3 Å². The molecule has 0 aromatic carbocycles. The summed E-state index contributed by atoms with van der Waals surface area (Å²) in [5, 5.41) is 12.4. The van der Waals surface area contributed by atoms with Gasteiger partial charge in [0, 0.05) is 46.1 Å². The largest absolute Gasteiger partial charge is 0.356 e. The van der Waals surface area contributed by atoms with E-state index in [1.54, 1.807) is 0 Å². The summed E-state index contributed by atoms with van der Waals surface area (Å²) in [6.07, 6.45) is 11.5. The minimum atomic E-state index is 0.886. The van der Waals surface area contributed by atoms with Crippen molar-refractivity contribution in [3.05, 3.63) is 11.6 Å². The second kappa shape index (κ2) is 7.75.